The predicted molar refractivity (Wildman–Crippen MR) is 97.7 cm³/mol. The minimum Gasteiger partial charge on any atom is -0.458 e. The van der Waals surface area contributed by atoms with Crippen LogP contribution in [0, 0.1) is 0 Å². The third-order valence-electron chi connectivity index (χ3n) is 4.72. The smallest absolute Gasteiger partial charge is 0.331 e. The Hall–Kier alpha value is -2.15. The Kier molecular flexibility index (Phi) is 4.07. The summed E-state index contributed by atoms with van der Waals surface area (Å²) in [7, 11) is -3.78. The number of sulfone groups is 1. The first-order chi connectivity index (χ1) is 11.9. The molecule has 0 spiro atoms. The number of fused-ring (bicyclic) bond motifs is 1. The van der Waals surface area contributed by atoms with Gasteiger partial charge in [-0.2, -0.15) is 0 Å². The standard InChI is InChI=1S/C19H23NO5S/c1-18(2,3)25-17(22)14-19(4,5)26(23,24)16-13(15(21)20(14)16)11-12-9-7-6-8-10-12/h6-11,14,16H,1-5H3/b13-11+/t14-,16+/m0/s1. The Labute approximate surface area is 153 Å². The van der Waals surface area contributed by atoms with Gasteiger partial charge in [0.25, 0.3) is 5.91 Å². The van der Waals surface area contributed by atoms with E-state index < -0.39 is 43.5 Å². The molecule has 2 heterocycles. The second-order valence-corrected chi connectivity index (χ2v) is 10.7. The predicted octanol–water partition coefficient (Wildman–Crippen LogP) is 2.16. The number of benzene rings is 1. The monoisotopic (exact) mass is 377 g/mol. The zero-order valence-electron chi connectivity index (χ0n) is 15.5. The van der Waals surface area contributed by atoms with Gasteiger partial charge in [0.2, 0.25) is 0 Å². The first kappa shape index (κ1) is 18.6. The lowest BCUT2D eigenvalue weighted by Crippen LogP contribution is -2.59. The van der Waals surface area contributed by atoms with Crippen LogP contribution in [0.25, 0.3) is 6.08 Å². The molecular formula is C19H23NO5S. The van der Waals surface area contributed by atoms with Crippen molar-refractivity contribution >= 4 is 27.8 Å². The lowest BCUT2D eigenvalue weighted by Gasteiger charge is -2.39. The molecule has 0 N–H and O–H groups in total. The quantitative estimate of drug-likeness (QED) is 0.448. The molecule has 2 atom stereocenters. The Bertz CT molecular complexity index is 894. The lowest BCUT2D eigenvalue weighted by atomic mass is 9.94. The molecule has 2 saturated heterocycles. The fourth-order valence-corrected chi connectivity index (χ4v) is 5.53. The molecule has 0 aromatic heterocycles. The van der Waals surface area contributed by atoms with Gasteiger partial charge in [-0.3, -0.25) is 4.79 Å². The summed E-state index contributed by atoms with van der Waals surface area (Å²) in [6, 6.07) is 7.89. The van der Waals surface area contributed by atoms with E-state index in [1.807, 2.05) is 18.2 Å². The van der Waals surface area contributed by atoms with Gasteiger partial charge in [-0.05, 0) is 46.3 Å². The van der Waals surface area contributed by atoms with E-state index in [4.69, 9.17) is 4.74 Å². The number of rotatable bonds is 2. The molecule has 1 amide bonds. The van der Waals surface area contributed by atoms with Crippen molar-refractivity contribution < 1.29 is 22.7 Å². The van der Waals surface area contributed by atoms with Gasteiger partial charge in [0.1, 0.15) is 10.3 Å². The molecule has 0 unspecified atom stereocenters. The molecule has 6 nitrogen and oxygen atoms in total. The number of hydrogen-bond donors (Lipinski definition) is 0. The average molecular weight is 377 g/mol. The number of nitrogens with zero attached hydrogens (tertiary/aromatic N) is 1. The van der Waals surface area contributed by atoms with Gasteiger partial charge in [0.05, 0.1) is 5.57 Å². The summed E-state index contributed by atoms with van der Waals surface area (Å²) < 4.78 is 30.1. The van der Waals surface area contributed by atoms with Crippen LogP contribution in [0.2, 0.25) is 0 Å². The van der Waals surface area contributed by atoms with Crippen LogP contribution >= 0.6 is 0 Å². The van der Waals surface area contributed by atoms with Gasteiger partial charge in [-0.1, -0.05) is 30.3 Å². The first-order valence-electron chi connectivity index (χ1n) is 8.43. The molecule has 1 aromatic rings. The molecular weight excluding hydrogens is 354 g/mol. The van der Waals surface area contributed by atoms with E-state index in [0.29, 0.717) is 0 Å². The minimum atomic E-state index is -3.78. The van der Waals surface area contributed by atoms with Crippen LogP contribution in [0.1, 0.15) is 40.2 Å². The Morgan fingerprint density at radius 2 is 1.77 bits per heavy atom. The number of esters is 1. The molecule has 2 aliphatic heterocycles. The number of ether oxygens (including phenoxy) is 1. The Morgan fingerprint density at radius 1 is 1.19 bits per heavy atom. The number of amides is 1. The number of hydrogen-bond acceptors (Lipinski definition) is 5. The zero-order chi connectivity index (χ0) is 19.5. The molecule has 0 radical (unpaired) electrons. The lowest BCUT2D eigenvalue weighted by molar-refractivity contribution is -0.166. The maximum atomic E-state index is 13.1. The summed E-state index contributed by atoms with van der Waals surface area (Å²) in [5.74, 6) is -1.13. The van der Waals surface area contributed by atoms with Crippen LogP contribution in [-0.2, 0) is 24.2 Å². The van der Waals surface area contributed by atoms with Crippen LogP contribution in [-0.4, -0.2) is 47.0 Å². The van der Waals surface area contributed by atoms with Crippen molar-refractivity contribution in [3.63, 3.8) is 0 Å². The van der Waals surface area contributed by atoms with Crippen molar-refractivity contribution in [2.24, 2.45) is 0 Å². The topological polar surface area (TPSA) is 80.8 Å². The van der Waals surface area contributed by atoms with Crippen molar-refractivity contribution in [3.8, 4) is 0 Å². The number of β-lactam (4-membered cyclic amide) rings is 1. The van der Waals surface area contributed by atoms with Gasteiger partial charge in [-0.15, -0.1) is 0 Å². The largest absolute Gasteiger partial charge is 0.458 e. The summed E-state index contributed by atoms with van der Waals surface area (Å²) in [5, 5.41) is -1.11. The maximum Gasteiger partial charge on any atom is 0.331 e. The second-order valence-electron chi connectivity index (χ2n) is 8.16. The summed E-state index contributed by atoms with van der Waals surface area (Å²) in [4.78, 5) is 26.5. The maximum absolute atomic E-state index is 13.1. The Morgan fingerprint density at radius 3 is 2.31 bits per heavy atom. The van der Waals surface area contributed by atoms with E-state index in [9.17, 15) is 18.0 Å². The second kappa shape index (κ2) is 5.67. The van der Waals surface area contributed by atoms with Crippen molar-refractivity contribution in [1.82, 2.24) is 4.90 Å². The van der Waals surface area contributed by atoms with E-state index in [1.165, 1.54) is 13.8 Å². The molecule has 0 aliphatic carbocycles. The number of carbonyl (C=O) groups excluding carboxylic acids is 2. The van der Waals surface area contributed by atoms with Crippen LogP contribution in [0.15, 0.2) is 35.9 Å². The molecule has 2 fully saturated rings. The normalized spacial score (nSPS) is 27.8. The van der Waals surface area contributed by atoms with Gasteiger partial charge in [-0.25, -0.2) is 13.2 Å². The van der Waals surface area contributed by atoms with Gasteiger partial charge < -0.3 is 9.64 Å². The van der Waals surface area contributed by atoms with E-state index in [-0.39, 0.29) is 5.57 Å². The van der Waals surface area contributed by atoms with Crippen molar-refractivity contribution in [2.75, 3.05) is 0 Å². The molecule has 3 rings (SSSR count). The van der Waals surface area contributed by atoms with Crippen molar-refractivity contribution in [1.29, 1.82) is 0 Å². The SMILES string of the molecule is CC(C)(C)OC(=O)[C@@H]1N2C(=O)/C(=C\c3ccccc3)[C@H]2S(=O)(=O)C1(C)C. The van der Waals surface area contributed by atoms with Crippen LogP contribution < -0.4 is 0 Å². The van der Waals surface area contributed by atoms with Gasteiger partial charge >= 0.3 is 5.97 Å². The highest BCUT2D eigenvalue weighted by Gasteiger charge is 2.70. The Balaban J connectivity index is 2.03. The van der Waals surface area contributed by atoms with Crippen molar-refractivity contribution in [2.45, 2.75) is 56.4 Å². The molecule has 2 aliphatic rings. The highest BCUT2D eigenvalue weighted by Crippen LogP contribution is 2.49. The zero-order valence-corrected chi connectivity index (χ0v) is 16.3. The molecule has 7 heteroatoms. The average Bonchev–Trinajstić information content (AvgIpc) is 2.65. The van der Waals surface area contributed by atoms with Crippen molar-refractivity contribution in [3.05, 3.63) is 41.5 Å². The molecule has 0 bridgehead atoms. The minimum absolute atomic E-state index is 0.190. The van der Waals surface area contributed by atoms with Crippen LogP contribution in [0.5, 0.6) is 0 Å². The van der Waals surface area contributed by atoms with Crippen LogP contribution in [0.3, 0.4) is 0 Å². The summed E-state index contributed by atoms with van der Waals surface area (Å²) in [5.41, 5.74) is 0.158. The molecule has 1 aromatic carbocycles. The molecule has 0 saturated carbocycles. The third kappa shape index (κ3) is 2.65. The molecule has 26 heavy (non-hydrogen) atoms. The highest BCUT2D eigenvalue weighted by atomic mass is 32.2. The van der Waals surface area contributed by atoms with E-state index >= 15 is 0 Å². The van der Waals surface area contributed by atoms with E-state index in [1.54, 1.807) is 39.0 Å². The number of carbonyl (C=O) groups is 2. The van der Waals surface area contributed by atoms with Gasteiger partial charge in [0.15, 0.2) is 21.3 Å². The molecule has 140 valence electrons. The summed E-state index contributed by atoms with van der Waals surface area (Å²) in [6.45, 7) is 8.07. The van der Waals surface area contributed by atoms with E-state index in [0.717, 1.165) is 10.5 Å². The highest BCUT2D eigenvalue weighted by molar-refractivity contribution is 7.94. The third-order valence-corrected chi connectivity index (χ3v) is 7.47. The summed E-state index contributed by atoms with van der Waals surface area (Å²) in [6.07, 6.45) is 1.58. The fraction of sp³-hybridized carbons (Fsp3) is 0.474. The van der Waals surface area contributed by atoms with Gasteiger partial charge in [0, 0.05) is 0 Å². The fourth-order valence-electron chi connectivity index (χ4n) is 3.41. The van der Waals surface area contributed by atoms with E-state index in [2.05, 4.69) is 0 Å². The first-order valence-corrected chi connectivity index (χ1v) is 9.98. The summed E-state index contributed by atoms with van der Waals surface area (Å²) >= 11 is 0. The van der Waals surface area contributed by atoms with Crippen LogP contribution in [0.4, 0.5) is 0 Å².